The van der Waals surface area contributed by atoms with Gasteiger partial charge < -0.3 is 10.5 Å². The summed E-state index contributed by atoms with van der Waals surface area (Å²) in [6, 6.07) is 1.56. The molecule has 0 bridgehead atoms. The highest BCUT2D eigenvalue weighted by atomic mass is 32.2. The molecular weight excluding hydrogens is 260 g/mol. The van der Waals surface area contributed by atoms with Crippen LogP contribution in [0.25, 0.3) is 0 Å². The fraction of sp³-hybridized carbons (Fsp3) is 0.600. The Hall–Kier alpha value is -0.470. The number of nitrogens with two attached hydrogens (primary N) is 1. The average Bonchev–Trinajstić information content (AvgIpc) is 2.98. The molecule has 1 aromatic heterocycles. The monoisotopic (exact) mass is 276 g/mol. The largest absolute Gasteiger partial charge is 0.380 e. The third-order valence-electron chi connectivity index (χ3n) is 2.97. The van der Waals surface area contributed by atoms with Crippen LogP contribution in [0.3, 0.4) is 0 Å². The lowest BCUT2D eigenvalue weighted by molar-refractivity contribution is 0.181. The highest BCUT2D eigenvalue weighted by molar-refractivity contribution is 7.89. The number of sulfonamides is 1. The van der Waals surface area contributed by atoms with Crippen LogP contribution in [0.5, 0.6) is 0 Å². The Bertz CT molecular complexity index is 477. The molecule has 1 unspecified atom stereocenters. The van der Waals surface area contributed by atoms with E-state index in [0.717, 1.165) is 6.42 Å². The molecule has 5 nitrogen and oxygen atoms in total. The number of rotatable bonds is 4. The zero-order valence-corrected chi connectivity index (χ0v) is 11.3. The molecule has 1 atom stereocenters. The maximum atomic E-state index is 12.4. The molecule has 1 saturated heterocycles. The third kappa shape index (κ3) is 2.38. The topological polar surface area (TPSA) is 72.6 Å². The molecule has 1 aromatic rings. The van der Waals surface area contributed by atoms with E-state index >= 15 is 0 Å². The summed E-state index contributed by atoms with van der Waals surface area (Å²) >= 11 is 1.37. The van der Waals surface area contributed by atoms with Crippen molar-refractivity contribution in [2.75, 3.05) is 20.3 Å². The van der Waals surface area contributed by atoms with Gasteiger partial charge in [-0.3, -0.25) is 0 Å². The van der Waals surface area contributed by atoms with Crippen LogP contribution in [0.2, 0.25) is 0 Å². The number of likely N-dealkylation sites (N-methyl/N-ethyl adjacent to an activating group) is 1. The second kappa shape index (κ2) is 5.03. The second-order valence-corrected chi connectivity index (χ2v) is 6.92. The van der Waals surface area contributed by atoms with E-state index < -0.39 is 10.0 Å². The smallest absolute Gasteiger partial charge is 0.244 e. The van der Waals surface area contributed by atoms with E-state index in [1.165, 1.54) is 15.6 Å². The van der Waals surface area contributed by atoms with Gasteiger partial charge in [0.15, 0.2) is 0 Å². The van der Waals surface area contributed by atoms with Crippen molar-refractivity contribution in [3.8, 4) is 0 Å². The summed E-state index contributed by atoms with van der Waals surface area (Å²) < 4.78 is 31.4. The van der Waals surface area contributed by atoms with Crippen LogP contribution in [0.1, 0.15) is 11.3 Å². The molecule has 96 valence electrons. The van der Waals surface area contributed by atoms with Crippen molar-refractivity contribution in [2.24, 2.45) is 5.73 Å². The van der Waals surface area contributed by atoms with Gasteiger partial charge in [-0.1, -0.05) is 0 Å². The van der Waals surface area contributed by atoms with Crippen LogP contribution in [0.15, 0.2) is 16.3 Å². The predicted molar refractivity (Wildman–Crippen MR) is 66.4 cm³/mol. The Morgan fingerprint density at radius 2 is 2.41 bits per heavy atom. The molecule has 2 N–H and O–H groups in total. The summed E-state index contributed by atoms with van der Waals surface area (Å²) in [6.07, 6.45) is 0.748. The van der Waals surface area contributed by atoms with Crippen molar-refractivity contribution in [3.63, 3.8) is 0 Å². The number of thiophene rings is 1. The van der Waals surface area contributed by atoms with Gasteiger partial charge in [-0.25, -0.2) is 8.42 Å². The summed E-state index contributed by atoms with van der Waals surface area (Å²) in [5, 5.41) is 1.76. The summed E-state index contributed by atoms with van der Waals surface area (Å²) in [5.41, 5.74) is 5.55. The molecule has 2 heterocycles. The first-order valence-corrected chi connectivity index (χ1v) is 7.71. The molecule has 0 aromatic carbocycles. The van der Waals surface area contributed by atoms with Crippen LogP contribution in [0, 0.1) is 0 Å². The van der Waals surface area contributed by atoms with Gasteiger partial charge in [-0.15, -0.1) is 11.3 Å². The van der Waals surface area contributed by atoms with E-state index in [9.17, 15) is 8.42 Å². The summed E-state index contributed by atoms with van der Waals surface area (Å²) in [6.45, 7) is 1.34. The lowest BCUT2D eigenvalue weighted by Crippen LogP contribution is -2.37. The number of hydrogen-bond donors (Lipinski definition) is 1. The molecule has 1 aliphatic heterocycles. The van der Waals surface area contributed by atoms with Crippen LogP contribution in [0.4, 0.5) is 0 Å². The first-order valence-electron chi connectivity index (χ1n) is 5.39. The van der Waals surface area contributed by atoms with Crippen LogP contribution >= 0.6 is 11.3 Å². The zero-order chi connectivity index (χ0) is 12.5. The Morgan fingerprint density at radius 3 is 3.00 bits per heavy atom. The Balaban J connectivity index is 2.29. The van der Waals surface area contributed by atoms with Gasteiger partial charge in [-0.2, -0.15) is 4.31 Å². The van der Waals surface area contributed by atoms with Gasteiger partial charge in [0.2, 0.25) is 10.0 Å². The molecule has 1 fully saturated rings. The summed E-state index contributed by atoms with van der Waals surface area (Å²) in [5.74, 6) is 0. The van der Waals surface area contributed by atoms with Crippen molar-refractivity contribution in [2.45, 2.75) is 23.9 Å². The van der Waals surface area contributed by atoms with Gasteiger partial charge in [0.1, 0.15) is 0 Å². The highest BCUT2D eigenvalue weighted by Crippen LogP contribution is 2.26. The Kier molecular flexibility index (Phi) is 3.84. The van der Waals surface area contributed by atoms with Gasteiger partial charge in [0, 0.05) is 25.1 Å². The SMILES string of the molecule is CN(C1CCOC1)S(=O)(=O)c1ccsc1CN. The van der Waals surface area contributed by atoms with Crippen molar-refractivity contribution >= 4 is 21.4 Å². The normalized spacial score (nSPS) is 21.2. The molecule has 7 heteroatoms. The molecule has 0 saturated carbocycles. The highest BCUT2D eigenvalue weighted by Gasteiger charge is 2.32. The van der Waals surface area contributed by atoms with E-state index in [4.69, 9.17) is 10.5 Å². The van der Waals surface area contributed by atoms with Crippen LogP contribution < -0.4 is 5.73 Å². The van der Waals surface area contributed by atoms with Crippen LogP contribution in [-0.2, 0) is 21.3 Å². The minimum atomic E-state index is -3.44. The fourth-order valence-electron chi connectivity index (χ4n) is 1.87. The molecule has 0 radical (unpaired) electrons. The molecule has 0 aliphatic carbocycles. The number of nitrogens with zero attached hydrogens (tertiary/aromatic N) is 1. The van der Waals surface area contributed by atoms with Crippen molar-refractivity contribution < 1.29 is 13.2 Å². The van der Waals surface area contributed by atoms with Gasteiger partial charge in [0.05, 0.1) is 17.5 Å². The standard InChI is InChI=1S/C10H16N2O3S2/c1-12(8-2-4-15-7-8)17(13,14)10-3-5-16-9(10)6-11/h3,5,8H,2,4,6-7,11H2,1H3. The molecule has 1 aliphatic rings. The van der Waals surface area contributed by atoms with E-state index in [0.29, 0.717) is 23.0 Å². The summed E-state index contributed by atoms with van der Waals surface area (Å²) in [4.78, 5) is 1.04. The lowest BCUT2D eigenvalue weighted by Gasteiger charge is -2.22. The summed E-state index contributed by atoms with van der Waals surface area (Å²) in [7, 11) is -1.83. The van der Waals surface area contributed by atoms with E-state index in [2.05, 4.69) is 0 Å². The van der Waals surface area contributed by atoms with Crippen molar-refractivity contribution in [1.82, 2.24) is 4.31 Å². The minimum absolute atomic E-state index is 0.0643. The molecular formula is C10H16N2O3S2. The molecule has 17 heavy (non-hydrogen) atoms. The first kappa shape index (κ1) is 13.0. The third-order valence-corrected chi connectivity index (χ3v) is 6.03. The minimum Gasteiger partial charge on any atom is -0.380 e. The number of ether oxygens (including phenoxy) is 1. The quantitative estimate of drug-likeness (QED) is 0.875. The second-order valence-electron chi connectivity index (χ2n) is 3.95. The Labute approximate surface area is 105 Å². The van der Waals surface area contributed by atoms with Gasteiger partial charge in [-0.05, 0) is 17.9 Å². The molecule has 0 spiro atoms. The zero-order valence-electron chi connectivity index (χ0n) is 9.63. The maximum absolute atomic E-state index is 12.4. The average molecular weight is 276 g/mol. The van der Waals surface area contributed by atoms with Crippen molar-refractivity contribution in [3.05, 3.63) is 16.3 Å². The fourth-order valence-corrected chi connectivity index (χ4v) is 4.54. The van der Waals surface area contributed by atoms with Crippen LogP contribution in [-0.4, -0.2) is 39.0 Å². The van der Waals surface area contributed by atoms with Crippen molar-refractivity contribution in [1.29, 1.82) is 0 Å². The Morgan fingerprint density at radius 1 is 1.65 bits per heavy atom. The molecule has 0 amide bonds. The van der Waals surface area contributed by atoms with Gasteiger partial charge in [0.25, 0.3) is 0 Å². The lowest BCUT2D eigenvalue weighted by atomic mass is 10.3. The first-order chi connectivity index (χ1) is 8.07. The van der Waals surface area contributed by atoms with E-state index in [1.54, 1.807) is 18.5 Å². The van der Waals surface area contributed by atoms with E-state index in [-0.39, 0.29) is 12.6 Å². The van der Waals surface area contributed by atoms with E-state index in [1.807, 2.05) is 0 Å². The molecule has 2 rings (SSSR count). The van der Waals surface area contributed by atoms with Gasteiger partial charge >= 0.3 is 0 Å². The predicted octanol–water partition coefficient (Wildman–Crippen LogP) is 0.616. The maximum Gasteiger partial charge on any atom is 0.244 e. The number of hydrogen-bond acceptors (Lipinski definition) is 5.